The van der Waals surface area contributed by atoms with Crippen molar-refractivity contribution in [3.8, 4) is 11.1 Å². The van der Waals surface area contributed by atoms with Gasteiger partial charge in [0.15, 0.2) is 0 Å². The minimum Gasteiger partial charge on any atom is -0.341 e. The Hall–Kier alpha value is -5.41. The minimum atomic E-state index is -0.0735. The molecule has 0 N–H and O–H groups in total. The molecule has 1 saturated carbocycles. The molecule has 2 aliphatic carbocycles. The SMILES string of the molecule is CC1(C)c2ccccc2N(c2ccc(/C=C/c3ccc4c(c3)C3(CCCC3)c3cc(N5CCCc6ccccc65)ccc3-4)nc2)c2ccccc21. The smallest absolute Gasteiger partial charge is 0.0645 e. The van der Waals surface area contributed by atoms with Crippen molar-refractivity contribution in [2.75, 3.05) is 16.3 Å². The van der Waals surface area contributed by atoms with E-state index in [-0.39, 0.29) is 10.8 Å². The number of pyridine rings is 1. The van der Waals surface area contributed by atoms with Gasteiger partial charge in [0, 0.05) is 28.7 Å². The van der Waals surface area contributed by atoms with Crippen LogP contribution >= 0.6 is 0 Å². The minimum absolute atomic E-state index is 0.0735. The molecule has 4 aliphatic rings. The monoisotopic (exact) mass is 661 g/mol. The van der Waals surface area contributed by atoms with E-state index in [0.29, 0.717) is 0 Å². The molecule has 51 heavy (non-hydrogen) atoms. The highest BCUT2D eigenvalue weighted by Crippen LogP contribution is 2.58. The van der Waals surface area contributed by atoms with Gasteiger partial charge in [0.2, 0.25) is 0 Å². The van der Waals surface area contributed by atoms with Gasteiger partial charge in [-0.3, -0.25) is 4.98 Å². The van der Waals surface area contributed by atoms with E-state index in [4.69, 9.17) is 4.98 Å². The molecule has 0 amide bonds. The van der Waals surface area contributed by atoms with Gasteiger partial charge in [0.1, 0.15) is 0 Å². The number of fused-ring (bicyclic) bond motifs is 8. The first-order valence-electron chi connectivity index (χ1n) is 18.8. The third-order valence-corrected chi connectivity index (χ3v) is 12.4. The maximum absolute atomic E-state index is 4.96. The number of anilines is 5. The summed E-state index contributed by atoms with van der Waals surface area (Å²) in [6.07, 6.45) is 13.8. The van der Waals surface area contributed by atoms with Crippen LogP contribution < -0.4 is 9.80 Å². The lowest BCUT2D eigenvalue weighted by molar-refractivity contribution is 0.549. The van der Waals surface area contributed by atoms with Gasteiger partial charge in [0.25, 0.3) is 0 Å². The van der Waals surface area contributed by atoms with Crippen LogP contribution in [0.3, 0.4) is 0 Å². The maximum atomic E-state index is 4.96. The molecule has 2 aliphatic heterocycles. The molecule has 0 atom stereocenters. The van der Waals surface area contributed by atoms with Crippen molar-refractivity contribution in [3.63, 3.8) is 0 Å². The van der Waals surface area contributed by atoms with Crippen LogP contribution in [-0.4, -0.2) is 11.5 Å². The summed E-state index contributed by atoms with van der Waals surface area (Å²) in [6.45, 7) is 5.73. The van der Waals surface area contributed by atoms with Crippen LogP contribution in [0.5, 0.6) is 0 Å². The second-order valence-corrected chi connectivity index (χ2v) is 15.5. The number of hydrogen-bond acceptors (Lipinski definition) is 3. The lowest BCUT2D eigenvalue weighted by atomic mass is 9.73. The molecule has 3 heterocycles. The third-order valence-electron chi connectivity index (χ3n) is 12.4. The molecule has 10 rings (SSSR count). The molecule has 0 radical (unpaired) electrons. The van der Waals surface area contributed by atoms with Crippen LogP contribution in [-0.2, 0) is 17.3 Å². The Kier molecular flexibility index (Phi) is 6.90. The van der Waals surface area contributed by atoms with Crippen molar-refractivity contribution in [1.82, 2.24) is 4.98 Å². The Bertz CT molecular complexity index is 2290. The van der Waals surface area contributed by atoms with Crippen LogP contribution in [0.4, 0.5) is 28.4 Å². The van der Waals surface area contributed by atoms with Crippen molar-refractivity contribution in [1.29, 1.82) is 0 Å². The highest BCUT2D eigenvalue weighted by molar-refractivity contribution is 5.87. The van der Waals surface area contributed by atoms with E-state index in [2.05, 4.69) is 157 Å². The van der Waals surface area contributed by atoms with Crippen LogP contribution in [0.2, 0.25) is 0 Å². The van der Waals surface area contributed by atoms with Crippen LogP contribution in [0.1, 0.15) is 85.0 Å². The van der Waals surface area contributed by atoms with Crippen molar-refractivity contribution in [2.45, 2.75) is 63.2 Å². The van der Waals surface area contributed by atoms with Gasteiger partial charge in [-0.2, -0.15) is 0 Å². The maximum Gasteiger partial charge on any atom is 0.0645 e. The molecule has 0 unspecified atom stereocenters. The summed E-state index contributed by atoms with van der Waals surface area (Å²) in [5.74, 6) is 0. The number of para-hydroxylation sites is 3. The van der Waals surface area contributed by atoms with E-state index < -0.39 is 0 Å². The van der Waals surface area contributed by atoms with Gasteiger partial charge >= 0.3 is 0 Å². The Morgan fingerprint density at radius 2 is 1.24 bits per heavy atom. The van der Waals surface area contributed by atoms with Crippen LogP contribution in [0, 0.1) is 0 Å². The Morgan fingerprint density at radius 1 is 0.588 bits per heavy atom. The van der Waals surface area contributed by atoms with Crippen molar-refractivity contribution in [2.24, 2.45) is 0 Å². The predicted molar refractivity (Wildman–Crippen MR) is 213 cm³/mol. The molecular formula is C48H43N3. The number of rotatable bonds is 4. The standard InChI is InChI=1S/C48H43N3/c1-47(2)40-14-4-7-17-45(40)51(46-18-8-5-15-41(46)47)37-23-22-35(49-32-37)21-19-33-20-25-38-39-26-24-36(50-29-11-13-34-12-3-6-16-44(34)50)31-43(39)48(42(38)30-33)27-9-10-28-48/h3-8,12,14-26,30-32H,9-11,13,27-29H2,1-2H3/b21-19+. The summed E-state index contributed by atoms with van der Waals surface area (Å²) in [6, 6.07) is 45.4. The average Bonchev–Trinajstić information content (AvgIpc) is 3.78. The summed E-state index contributed by atoms with van der Waals surface area (Å²) < 4.78 is 0. The van der Waals surface area contributed by atoms with Crippen molar-refractivity contribution >= 4 is 40.6 Å². The molecule has 3 heteroatoms. The van der Waals surface area contributed by atoms with Crippen LogP contribution in [0.25, 0.3) is 23.3 Å². The largest absolute Gasteiger partial charge is 0.341 e. The second kappa shape index (κ2) is 11.6. The number of aromatic nitrogens is 1. The zero-order chi connectivity index (χ0) is 34.2. The van der Waals surface area contributed by atoms with Gasteiger partial charge in [-0.1, -0.05) is 112 Å². The van der Waals surface area contributed by atoms with Gasteiger partial charge in [-0.25, -0.2) is 0 Å². The molecule has 1 aromatic heterocycles. The molecule has 6 aromatic rings. The Balaban J connectivity index is 0.957. The molecule has 250 valence electrons. The fraction of sp³-hybridized carbons (Fsp3) is 0.229. The zero-order valence-corrected chi connectivity index (χ0v) is 29.6. The fourth-order valence-corrected chi connectivity index (χ4v) is 9.85. The van der Waals surface area contributed by atoms with E-state index in [0.717, 1.165) is 17.9 Å². The van der Waals surface area contributed by atoms with Gasteiger partial charge in [0.05, 0.1) is 29.0 Å². The van der Waals surface area contributed by atoms with Crippen molar-refractivity contribution < 1.29 is 0 Å². The normalized spacial score (nSPS) is 17.6. The summed E-state index contributed by atoms with van der Waals surface area (Å²) in [5.41, 5.74) is 18.5. The van der Waals surface area contributed by atoms with Gasteiger partial charge in [-0.05, 0) is 119 Å². The Morgan fingerprint density at radius 3 is 1.96 bits per heavy atom. The Labute approximate surface area is 301 Å². The first-order valence-corrected chi connectivity index (χ1v) is 18.8. The van der Waals surface area contributed by atoms with Crippen molar-refractivity contribution in [3.05, 3.63) is 167 Å². The summed E-state index contributed by atoms with van der Waals surface area (Å²) in [5, 5.41) is 0. The summed E-state index contributed by atoms with van der Waals surface area (Å²) >= 11 is 0. The quantitative estimate of drug-likeness (QED) is 0.187. The molecular weight excluding hydrogens is 619 g/mol. The highest BCUT2D eigenvalue weighted by Gasteiger charge is 2.45. The van der Waals surface area contributed by atoms with Gasteiger partial charge in [-0.15, -0.1) is 0 Å². The lowest BCUT2D eigenvalue weighted by Gasteiger charge is -2.41. The summed E-state index contributed by atoms with van der Waals surface area (Å²) in [7, 11) is 0. The number of hydrogen-bond donors (Lipinski definition) is 0. The highest BCUT2D eigenvalue weighted by atomic mass is 15.2. The molecule has 0 saturated heterocycles. The topological polar surface area (TPSA) is 19.4 Å². The molecule has 0 bridgehead atoms. The second-order valence-electron chi connectivity index (χ2n) is 15.5. The molecule has 5 aromatic carbocycles. The van der Waals surface area contributed by atoms with E-state index in [1.54, 1.807) is 0 Å². The van der Waals surface area contributed by atoms with E-state index >= 15 is 0 Å². The number of aryl methyl sites for hydroxylation is 1. The van der Waals surface area contributed by atoms with E-state index in [1.165, 1.54) is 106 Å². The fourth-order valence-electron chi connectivity index (χ4n) is 9.85. The predicted octanol–water partition coefficient (Wildman–Crippen LogP) is 12.3. The van der Waals surface area contributed by atoms with E-state index in [9.17, 15) is 0 Å². The number of benzene rings is 5. The van der Waals surface area contributed by atoms with E-state index in [1.807, 2.05) is 6.20 Å². The first kappa shape index (κ1) is 30.4. The summed E-state index contributed by atoms with van der Waals surface area (Å²) in [4.78, 5) is 9.89. The van der Waals surface area contributed by atoms with Gasteiger partial charge < -0.3 is 9.80 Å². The molecule has 3 nitrogen and oxygen atoms in total. The molecule has 1 spiro atoms. The average molecular weight is 662 g/mol. The zero-order valence-electron chi connectivity index (χ0n) is 29.6. The van der Waals surface area contributed by atoms with Crippen LogP contribution in [0.15, 0.2) is 128 Å². The first-order chi connectivity index (χ1) is 25.0. The molecule has 1 fully saturated rings. The third kappa shape index (κ3) is 4.67. The number of nitrogens with zero attached hydrogens (tertiary/aromatic N) is 3. The lowest BCUT2D eigenvalue weighted by Crippen LogP contribution is -2.30.